The molecule has 0 heterocycles. The normalized spacial score (nSPS) is 31.4. The molecule has 4 aliphatic rings. The second-order valence-corrected chi connectivity index (χ2v) is 8.94. The number of nitro benzene ring substituents is 1. The van der Waals surface area contributed by atoms with Crippen molar-refractivity contribution in [2.24, 2.45) is 28.3 Å². The Bertz CT molecular complexity index is 788. The number of aromatic hydroxyl groups is 1. The van der Waals surface area contributed by atoms with E-state index in [9.17, 15) is 20.0 Å². The van der Waals surface area contributed by atoms with Gasteiger partial charge in [0.05, 0.1) is 11.1 Å². The number of nitrogens with one attached hydrogen (secondary N) is 1. The molecular formula is C19H22ClN3O4. The number of rotatable bonds is 5. The molecule has 144 valence electrons. The fourth-order valence-corrected chi connectivity index (χ4v) is 6.12. The van der Waals surface area contributed by atoms with E-state index in [1.165, 1.54) is 31.5 Å². The third kappa shape index (κ3) is 3.65. The van der Waals surface area contributed by atoms with E-state index in [4.69, 9.17) is 11.6 Å². The van der Waals surface area contributed by atoms with Crippen LogP contribution in [0.15, 0.2) is 17.2 Å². The number of halogens is 1. The average Bonchev–Trinajstić information content (AvgIpc) is 2.55. The minimum atomic E-state index is -0.718. The summed E-state index contributed by atoms with van der Waals surface area (Å²) in [5.74, 6) is 1.65. The Morgan fingerprint density at radius 3 is 2.44 bits per heavy atom. The lowest BCUT2D eigenvalue weighted by molar-refractivity contribution is -0.385. The third-order valence-electron chi connectivity index (χ3n) is 6.37. The van der Waals surface area contributed by atoms with Gasteiger partial charge in [0.1, 0.15) is 0 Å². The van der Waals surface area contributed by atoms with Gasteiger partial charge in [0, 0.05) is 23.1 Å². The number of hydrogen-bond acceptors (Lipinski definition) is 5. The molecule has 0 aromatic heterocycles. The summed E-state index contributed by atoms with van der Waals surface area (Å²) < 4.78 is 0. The Labute approximate surface area is 161 Å². The summed E-state index contributed by atoms with van der Waals surface area (Å²) in [5, 5.41) is 24.9. The van der Waals surface area contributed by atoms with Crippen molar-refractivity contribution in [1.82, 2.24) is 5.43 Å². The maximum atomic E-state index is 12.4. The molecule has 1 aromatic rings. The Hall–Kier alpha value is -2.15. The average molecular weight is 392 g/mol. The Kier molecular flexibility index (Phi) is 4.58. The standard InChI is InChI=1S/C19H22ClN3O4/c20-15-4-14(18(25)16(5-15)23(26)27)10-21-22-17(24)9-19-6-11-1-12(7-19)3-13(2-11)8-19/h4-5,10-13,25H,1-3,6-9H2,(H,22,24)/b21-10+. The molecule has 0 radical (unpaired) electrons. The Morgan fingerprint density at radius 2 is 1.89 bits per heavy atom. The smallest absolute Gasteiger partial charge is 0.312 e. The lowest BCUT2D eigenvalue weighted by Gasteiger charge is -2.56. The van der Waals surface area contributed by atoms with Crippen LogP contribution in [-0.4, -0.2) is 22.2 Å². The van der Waals surface area contributed by atoms with Crippen molar-refractivity contribution in [3.8, 4) is 5.75 Å². The number of amides is 1. The zero-order valence-corrected chi connectivity index (χ0v) is 15.6. The molecule has 0 atom stereocenters. The molecule has 4 saturated carbocycles. The summed E-state index contributed by atoms with van der Waals surface area (Å²) >= 11 is 5.85. The molecule has 8 heteroatoms. The van der Waals surface area contributed by atoms with Crippen molar-refractivity contribution in [3.63, 3.8) is 0 Å². The van der Waals surface area contributed by atoms with Crippen LogP contribution in [0.25, 0.3) is 0 Å². The van der Waals surface area contributed by atoms with Gasteiger partial charge in [-0.25, -0.2) is 5.43 Å². The number of benzene rings is 1. The largest absolute Gasteiger partial charge is 0.502 e. The molecular weight excluding hydrogens is 370 g/mol. The van der Waals surface area contributed by atoms with E-state index < -0.39 is 16.4 Å². The van der Waals surface area contributed by atoms with Crippen molar-refractivity contribution >= 4 is 29.4 Å². The van der Waals surface area contributed by atoms with Gasteiger partial charge in [-0.2, -0.15) is 5.10 Å². The molecule has 1 amide bonds. The van der Waals surface area contributed by atoms with Crippen molar-refractivity contribution in [3.05, 3.63) is 32.8 Å². The molecule has 0 aliphatic heterocycles. The first-order valence-corrected chi connectivity index (χ1v) is 9.70. The van der Waals surface area contributed by atoms with E-state index in [0.29, 0.717) is 6.42 Å². The van der Waals surface area contributed by atoms with Gasteiger partial charge in [-0.05, 0) is 67.8 Å². The molecule has 4 fully saturated rings. The highest BCUT2D eigenvalue weighted by molar-refractivity contribution is 6.31. The molecule has 7 nitrogen and oxygen atoms in total. The molecule has 4 bridgehead atoms. The van der Waals surface area contributed by atoms with E-state index in [2.05, 4.69) is 10.5 Å². The molecule has 2 N–H and O–H groups in total. The highest BCUT2D eigenvalue weighted by Crippen LogP contribution is 2.61. The van der Waals surface area contributed by atoms with Crippen molar-refractivity contribution in [2.75, 3.05) is 0 Å². The summed E-state index contributed by atoms with van der Waals surface area (Å²) in [4.78, 5) is 22.6. The van der Waals surface area contributed by atoms with Crippen LogP contribution in [0.1, 0.15) is 50.5 Å². The third-order valence-corrected chi connectivity index (χ3v) is 6.59. The lowest BCUT2D eigenvalue weighted by Crippen LogP contribution is -2.47. The van der Waals surface area contributed by atoms with Crippen molar-refractivity contribution in [2.45, 2.75) is 44.9 Å². The number of phenolic OH excluding ortho intramolecular Hbond substituents is 1. The summed E-state index contributed by atoms with van der Waals surface area (Å²) in [6.07, 6.45) is 9.04. The van der Waals surface area contributed by atoms with Gasteiger partial charge < -0.3 is 5.11 Å². The topological polar surface area (TPSA) is 105 Å². The number of carbonyl (C=O) groups excluding carboxylic acids is 1. The first-order valence-electron chi connectivity index (χ1n) is 9.32. The van der Waals surface area contributed by atoms with Gasteiger partial charge in [0.15, 0.2) is 0 Å². The van der Waals surface area contributed by atoms with Crippen LogP contribution < -0.4 is 5.43 Å². The van der Waals surface area contributed by atoms with Crippen LogP contribution in [0, 0.1) is 33.3 Å². The van der Waals surface area contributed by atoms with Crippen LogP contribution in [0.5, 0.6) is 5.75 Å². The molecule has 5 rings (SSSR count). The summed E-state index contributed by atoms with van der Waals surface area (Å²) in [6.45, 7) is 0. The van der Waals surface area contributed by atoms with E-state index >= 15 is 0 Å². The predicted octanol–water partition coefficient (Wildman–Crippen LogP) is 4.01. The first kappa shape index (κ1) is 18.2. The molecule has 4 aliphatic carbocycles. The SMILES string of the molecule is O=C(CC12CC3CC(CC(C3)C1)C2)N/N=C/c1cc(Cl)cc([N+](=O)[O-])c1O. The first-order chi connectivity index (χ1) is 12.8. The maximum Gasteiger partial charge on any atom is 0.312 e. The van der Waals surface area contributed by atoms with E-state index in [1.54, 1.807) is 0 Å². The van der Waals surface area contributed by atoms with Crippen molar-refractivity contribution < 1.29 is 14.8 Å². The summed E-state index contributed by atoms with van der Waals surface area (Å²) in [5.41, 5.74) is 2.22. The van der Waals surface area contributed by atoms with Gasteiger partial charge in [0.2, 0.25) is 11.7 Å². The minimum absolute atomic E-state index is 0.0873. The second-order valence-electron chi connectivity index (χ2n) is 8.51. The predicted molar refractivity (Wildman–Crippen MR) is 101 cm³/mol. The lowest BCUT2D eigenvalue weighted by atomic mass is 9.49. The van der Waals surface area contributed by atoms with E-state index in [0.717, 1.165) is 43.1 Å². The second kappa shape index (κ2) is 6.78. The number of carbonyl (C=O) groups is 1. The van der Waals surface area contributed by atoms with Crippen LogP contribution >= 0.6 is 11.6 Å². The molecule has 0 spiro atoms. The maximum absolute atomic E-state index is 12.4. The number of phenols is 1. The van der Waals surface area contributed by atoms with Gasteiger partial charge in [-0.3, -0.25) is 14.9 Å². The monoisotopic (exact) mass is 391 g/mol. The highest BCUT2D eigenvalue weighted by atomic mass is 35.5. The van der Waals surface area contributed by atoms with Gasteiger partial charge in [-0.1, -0.05) is 11.6 Å². The molecule has 0 saturated heterocycles. The number of hydrogen-bond donors (Lipinski definition) is 2. The van der Waals surface area contributed by atoms with E-state index in [-0.39, 0.29) is 21.9 Å². The van der Waals surface area contributed by atoms with E-state index in [1.807, 2.05) is 0 Å². The van der Waals surface area contributed by atoms with Crippen LogP contribution in [-0.2, 0) is 4.79 Å². The van der Waals surface area contributed by atoms with Gasteiger partial charge in [0.25, 0.3) is 0 Å². The number of nitro groups is 1. The van der Waals surface area contributed by atoms with Crippen LogP contribution in [0.4, 0.5) is 5.69 Å². The fraction of sp³-hybridized carbons (Fsp3) is 0.579. The van der Waals surface area contributed by atoms with Crippen LogP contribution in [0.2, 0.25) is 5.02 Å². The molecule has 1 aromatic carbocycles. The Balaban J connectivity index is 1.41. The quantitative estimate of drug-likeness (QED) is 0.449. The fourth-order valence-electron chi connectivity index (χ4n) is 5.90. The molecule has 27 heavy (non-hydrogen) atoms. The zero-order chi connectivity index (χ0) is 19.2. The van der Waals surface area contributed by atoms with Gasteiger partial charge in [-0.15, -0.1) is 0 Å². The highest BCUT2D eigenvalue weighted by Gasteiger charge is 2.51. The minimum Gasteiger partial charge on any atom is -0.502 e. The number of nitrogens with zero attached hydrogens (tertiary/aromatic N) is 2. The number of hydrazone groups is 1. The van der Waals surface area contributed by atoms with Crippen molar-refractivity contribution in [1.29, 1.82) is 0 Å². The summed E-state index contributed by atoms with van der Waals surface area (Å²) in [7, 11) is 0. The van der Waals surface area contributed by atoms with Crippen LogP contribution in [0.3, 0.4) is 0 Å². The Morgan fingerprint density at radius 1 is 1.30 bits per heavy atom. The zero-order valence-electron chi connectivity index (χ0n) is 14.9. The van der Waals surface area contributed by atoms with Gasteiger partial charge >= 0.3 is 5.69 Å². The molecule has 0 unspecified atom stereocenters. The summed E-state index contributed by atoms with van der Waals surface area (Å²) in [6, 6.07) is 2.43.